The van der Waals surface area contributed by atoms with Crippen molar-refractivity contribution in [3.63, 3.8) is 0 Å². The van der Waals surface area contributed by atoms with Gasteiger partial charge in [-0.1, -0.05) is 30.4 Å². The van der Waals surface area contributed by atoms with E-state index in [4.69, 9.17) is 30.5 Å². The minimum Gasteiger partial charge on any atom is -0.426 e. The highest BCUT2D eigenvalue weighted by atomic mass is 32.1. The number of hydrogen-bond acceptors (Lipinski definition) is 7. The van der Waals surface area contributed by atoms with Gasteiger partial charge in [-0.2, -0.15) is 0 Å². The Kier molecular flexibility index (Phi) is 7.34. The molecule has 10 heteroatoms. The van der Waals surface area contributed by atoms with Gasteiger partial charge < -0.3 is 18.9 Å². The largest absolute Gasteiger partial charge is 0.426 e. The molecule has 2 unspecified atom stereocenters. The topological polar surface area (TPSA) is 94.9 Å². The summed E-state index contributed by atoms with van der Waals surface area (Å²) >= 11 is 5.01. The highest BCUT2D eigenvalue weighted by Gasteiger charge is 2.25. The van der Waals surface area contributed by atoms with E-state index >= 15 is 0 Å². The highest BCUT2D eigenvalue weighted by molar-refractivity contribution is 7.71. The van der Waals surface area contributed by atoms with E-state index in [-0.39, 0.29) is 29.6 Å². The summed E-state index contributed by atoms with van der Waals surface area (Å²) in [6.45, 7) is 2.86. The molecule has 0 saturated carbocycles. The number of aliphatic hydroxyl groups excluding tert-OH is 1. The van der Waals surface area contributed by atoms with Crippen LogP contribution in [0.5, 0.6) is 5.75 Å². The van der Waals surface area contributed by atoms with Crippen molar-refractivity contribution in [2.45, 2.75) is 39.2 Å². The molecule has 1 aromatic carbocycles. The molecular formula is C18H23N2O6PS. The zero-order chi connectivity index (χ0) is 20.1. The predicted molar refractivity (Wildman–Crippen MR) is 107 cm³/mol. The molecule has 0 fully saturated rings. The third kappa shape index (κ3) is 5.05. The highest BCUT2D eigenvalue weighted by Crippen LogP contribution is 2.48. The molecule has 1 aliphatic heterocycles. The molecule has 1 aromatic heterocycles. The molecule has 0 aliphatic carbocycles. The molecule has 0 amide bonds. The average Bonchev–Trinajstić information content (AvgIpc) is 2.70. The molecule has 0 radical (unpaired) electrons. The summed E-state index contributed by atoms with van der Waals surface area (Å²) in [5, 5.41) is 9.30. The van der Waals surface area contributed by atoms with Gasteiger partial charge >= 0.3 is 14.3 Å². The van der Waals surface area contributed by atoms with Crippen molar-refractivity contribution in [2.75, 3.05) is 13.7 Å². The molecule has 0 spiro atoms. The Bertz CT molecular complexity index is 931. The first-order valence-electron chi connectivity index (χ1n) is 8.80. The molecular weight excluding hydrogens is 403 g/mol. The van der Waals surface area contributed by atoms with Crippen LogP contribution in [0.1, 0.15) is 23.1 Å². The second kappa shape index (κ2) is 9.73. The van der Waals surface area contributed by atoms with Gasteiger partial charge in [0.1, 0.15) is 10.4 Å². The van der Waals surface area contributed by atoms with Crippen LogP contribution in [-0.4, -0.2) is 34.5 Å². The fourth-order valence-corrected chi connectivity index (χ4v) is 4.10. The molecule has 2 aromatic rings. The lowest BCUT2D eigenvalue weighted by molar-refractivity contribution is 0.0399. The van der Waals surface area contributed by atoms with Gasteiger partial charge in [-0.05, 0) is 18.9 Å². The Morgan fingerprint density at radius 1 is 1.46 bits per heavy atom. The Hall–Kier alpha value is -1.61. The summed E-state index contributed by atoms with van der Waals surface area (Å²) in [6, 6.07) is 5.92. The fraction of sp³-hybridized carbons (Fsp3) is 0.444. The number of benzene rings is 1. The third-order valence-corrected chi connectivity index (χ3v) is 5.83. The molecule has 152 valence electrons. The number of aromatic nitrogens is 2. The van der Waals surface area contributed by atoms with E-state index in [1.807, 2.05) is 25.1 Å². The first-order chi connectivity index (χ1) is 13.5. The van der Waals surface area contributed by atoms with E-state index in [2.05, 4.69) is 4.98 Å². The standard InChI is InChI=1S/C18H23N2O6PS/c1-12-4-3-5-13-10-24-27(26-16(12)13)25-11-15(23-2)6-7-20-8-14(9-21)17(28)19-18(20)22/h3-5,8,15,21H,6-7,9-11H2,1-2H3,(H,19,22,28). The quantitative estimate of drug-likeness (QED) is 0.495. The number of para-hydroxylation sites is 1. The smallest absolute Gasteiger partial charge is 0.397 e. The van der Waals surface area contributed by atoms with Crippen LogP contribution in [0.3, 0.4) is 0 Å². The number of hydrogen-bond donors (Lipinski definition) is 2. The van der Waals surface area contributed by atoms with Crippen molar-refractivity contribution >= 4 is 20.8 Å². The maximum atomic E-state index is 12.0. The molecule has 3 rings (SSSR count). The van der Waals surface area contributed by atoms with Crippen LogP contribution in [0.4, 0.5) is 0 Å². The van der Waals surface area contributed by atoms with E-state index < -0.39 is 8.60 Å². The van der Waals surface area contributed by atoms with E-state index in [1.54, 1.807) is 13.3 Å². The average molecular weight is 426 g/mol. The molecule has 1 aliphatic rings. The number of aliphatic hydroxyl groups is 1. The number of aromatic amines is 1. The minimum atomic E-state index is -1.50. The lowest BCUT2D eigenvalue weighted by Crippen LogP contribution is -2.27. The summed E-state index contributed by atoms with van der Waals surface area (Å²) in [5.41, 5.74) is 2.22. The van der Waals surface area contributed by atoms with Crippen molar-refractivity contribution in [3.8, 4) is 5.75 Å². The summed E-state index contributed by atoms with van der Waals surface area (Å²) in [5.74, 6) is 0.816. The first-order valence-corrected chi connectivity index (χ1v) is 10.3. The number of methoxy groups -OCH3 is 1. The van der Waals surface area contributed by atoms with Crippen molar-refractivity contribution in [2.24, 2.45) is 0 Å². The molecule has 2 atom stereocenters. The second-order valence-electron chi connectivity index (χ2n) is 6.36. The van der Waals surface area contributed by atoms with E-state index in [0.29, 0.717) is 25.1 Å². The third-order valence-electron chi connectivity index (χ3n) is 4.43. The maximum Gasteiger partial charge on any atom is 0.397 e. The SMILES string of the molecule is COC(CCn1cc(CO)c(=S)[nH]c1=O)COP1OCc2cccc(C)c2O1. The van der Waals surface area contributed by atoms with Gasteiger partial charge in [0.05, 0.1) is 25.9 Å². The van der Waals surface area contributed by atoms with Gasteiger partial charge in [-0.3, -0.25) is 14.0 Å². The number of aryl methyl sites for hydroxylation is 2. The number of nitrogens with one attached hydrogen (secondary N) is 1. The summed E-state index contributed by atoms with van der Waals surface area (Å²) < 4.78 is 24.4. The lowest BCUT2D eigenvalue weighted by atomic mass is 10.1. The summed E-state index contributed by atoms with van der Waals surface area (Å²) in [7, 11) is 0.0894. The Labute approximate surface area is 169 Å². The molecule has 28 heavy (non-hydrogen) atoms. The number of fused-ring (bicyclic) bond motifs is 1. The van der Waals surface area contributed by atoms with Crippen LogP contribution in [0.15, 0.2) is 29.2 Å². The molecule has 2 heterocycles. The van der Waals surface area contributed by atoms with Crippen LogP contribution in [0, 0.1) is 11.6 Å². The minimum absolute atomic E-state index is 0.230. The van der Waals surface area contributed by atoms with Crippen molar-refractivity contribution in [1.82, 2.24) is 9.55 Å². The molecule has 2 N–H and O–H groups in total. The van der Waals surface area contributed by atoms with Gasteiger partial charge in [0.2, 0.25) is 0 Å². The van der Waals surface area contributed by atoms with Gasteiger partial charge in [0.25, 0.3) is 0 Å². The monoisotopic (exact) mass is 426 g/mol. The van der Waals surface area contributed by atoms with Crippen LogP contribution < -0.4 is 10.2 Å². The van der Waals surface area contributed by atoms with E-state index in [9.17, 15) is 9.90 Å². The summed E-state index contributed by atoms with van der Waals surface area (Å²) in [6.07, 6.45) is 1.84. The van der Waals surface area contributed by atoms with Gasteiger partial charge in [0.15, 0.2) is 0 Å². The van der Waals surface area contributed by atoms with Crippen LogP contribution in [0.2, 0.25) is 0 Å². The van der Waals surface area contributed by atoms with Gasteiger partial charge in [0, 0.05) is 31.0 Å². The van der Waals surface area contributed by atoms with Crippen LogP contribution in [0.25, 0.3) is 0 Å². The zero-order valence-electron chi connectivity index (χ0n) is 15.7. The molecule has 8 nitrogen and oxygen atoms in total. The van der Waals surface area contributed by atoms with Crippen LogP contribution >= 0.6 is 20.8 Å². The first kappa shape index (κ1) is 21.1. The van der Waals surface area contributed by atoms with Crippen molar-refractivity contribution in [3.05, 3.63) is 56.2 Å². The van der Waals surface area contributed by atoms with Crippen molar-refractivity contribution in [1.29, 1.82) is 0 Å². The number of nitrogens with zero attached hydrogens (tertiary/aromatic N) is 1. The Balaban J connectivity index is 1.55. The van der Waals surface area contributed by atoms with Gasteiger partial charge in [-0.15, -0.1) is 0 Å². The fourth-order valence-electron chi connectivity index (χ4n) is 2.77. The summed E-state index contributed by atoms with van der Waals surface area (Å²) in [4.78, 5) is 14.6. The number of ether oxygens (including phenoxy) is 1. The van der Waals surface area contributed by atoms with Crippen molar-refractivity contribution < 1.29 is 23.4 Å². The molecule has 0 saturated heterocycles. The predicted octanol–water partition coefficient (Wildman–Crippen LogP) is 2.96. The van der Waals surface area contributed by atoms with E-state index in [1.165, 1.54) is 4.57 Å². The number of H-pyrrole nitrogens is 1. The second-order valence-corrected chi connectivity index (χ2v) is 7.91. The normalized spacial score (nSPS) is 17.0. The zero-order valence-corrected chi connectivity index (χ0v) is 17.4. The molecule has 0 bridgehead atoms. The Morgan fingerprint density at radius 3 is 3.04 bits per heavy atom. The maximum absolute atomic E-state index is 12.0. The van der Waals surface area contributed by atoms with Gasteiger partial charge in [-0.25, -0.2) is 4.79 Å². The number of rotatable bonds is 8. The van der Waals surface area contributed by atoms with E-state index in [0.717, 1.165) is 16.9 Å². The van der Waals surface area contributed by atoms with Crippen LogP contribution in [-0.2, 0) is 33.5 Å². The Morgan fingerprint density at radius 2 is 2.29 bits per heavy atom. The lowest BCUT2D eigenvalue weighted by Gasteiger charge is -2.26.